The summed E-state index contributed by atoms with van der Waals surface area (Å²) < 4.78 is 2.64. The zero-order chi connectivity index (χ0) is 24.2. The van der Waals surface area contributed by atoms with Crippen molar-refractivity contribution in [2.24, 2.45) is 14.1 Å². The van der Waals surface area contributed by atoms with Gasteiger partial charge in [-0.3, -0.25) is 23.6 Å². The third-order valence-electron chi connectivity index (χ3n) is 6.08. The van der Waals surface area contributed by atoms with Crippen LogP contribution in [0.15, 0.2) is 69.1 Å². The van der Waals surface area contributed by atoms with Crippen LogP contribution in [0.2, 0.25) is 5.02 Å². The average molecular weight is 499 g/mol. The lowest BCUT2D eigenvalue weighted by atomic mass is 10.0. The highest BCUT2D eigenvalue weighted by Crippen LogP contribution is 2.28. The van der Waals surface area contributed by atoms with E-state index >= 15 is 0 Å². The van der Waals surface area contributed by atoms with Crippen molar-refractivity contribution < 1.29 is 4.79 Å². The lowest BCUT2D eigenvalue weighted by Crippen LogP contribution is -2.49. The molecule has 0 bridgehead atoms. The Morgan fingerprint density at radius 1 is 0.941 bits per heavy atom. The largest absolute Gasteiger partial charge is 0.355 e. The number of ketones is 1. The Morgan fingerprint density at radius 3 is 2.35 bits per heavy atom. The van der Waals surface area contributed by atoms with E-state index in [-0.39, 0.29) is 17.0 Å². The molecule has 0 aliphatic carbocycles. The van der Waals surface area contributed by atoms with Gasteiger partial charge in [0.05, 0.1) is 0 Å². The molecule has 34 heavy (non-hydrogen) atoms. The Hall–Kier alpha value is -2.81. The molecule has 1 aliphatic rings. The Kier molecular flexibility index (Phi) is 7.60. The molecule has 7 nitrogen and oxygen atoms in total. The quantitative estimate of drug-likeness (QED) is 0.368. The summed E-state index contributed by atoms with van der Waals surface area (Å²) in [4.78, 5) is 42.7. The maximum atomic E-state index is 13.0. The molecule has 0 amide bonds. The number of carbonyl (C=O) groups is 1. The van der Waals surface area contributed by atoms with Crippen LogP contribution >= 0.6 is 23.4 Å². The van der Waals surface area contributed by atoms with Crippen molar-refractivity contribution in [3.8, 4) is 0 Å². The highest BCUT2D eigenvalue weighted by Gasteiger charge is 2.21. The van der Waals surface area contributed by atoms with E-state index in [0.717, 1.165) is 47.9 Å². The van der Waals surface area contributed by atoms with Gasteiger partial charge in [-0.15, -0.1) is 11.8 Å². The molecular formula is C25H27ClN4O3S. The first kappa shape index (κ1) is 24.3. The lowest BCUT2D eigenvalue weighted by Gasteiger charge is -2.36. The molecule has 0 N–H and O–H groups in total. The van der Waals surface area contributed by atoms with Crippen molar-refractivity contribution >= 4 is 35.0 Å². The second-order valence-electron chi connectivity index (χ2n) is 8.25. The van der Waals surface area contributed by atoms with Crippen molar-refractivity contribution in [3.05, 3.63) is 91.6 Å². The average Bonchev–Trinajstić information content (AvgIpc) is 2.86. The molecule has 1 aliphatic heterocycles. The first-order chi connectivity index (χ1) is 16.3. The standard InChI is InChI=1S/C25H27ClN4O3S/c1-27-22(17-23(31)28(2)25(27)33)30-12-10-29(11-13-30)14-15-34-21-9-8-19(26)16-20(21)24(32)18-6-4-3-5-7-18/h3-9,16-17H,10-15H2,1-2H3. The monoisotopic (exact) mass is 498 g/mol. The molecule has 0 saturated carbocycles. The molecule has 2 aromatic carbocycles. The molecule has 178 valence electrons. The maximum Gasteiger partial charge on any atom is 0.332 e. The van der Waals surface area contributed by atoms with Crippen LogP contribution in [0.25, 0.3) is 0 Å². The first-order valence-corrected chi connectivity index (χ1v) is 12.5. The van der Waals surface area contributed by atoms with E-state index in [0.29, 0.717) is 22.0 Å². The molecule has 1 saturated heterocycles. The molecule has 2 heterocycles. The van der Waals surface area contributed by atoms with Crippen molar-refractivity contribution in [3.63, 3.8) is 0 Å². The normalized spacial score (nSPS) is 14.4. The van der Waals surface area contributed by atoms with Gasteiger partial charge in [-0.2, -0.15) is 0 Å². The predicted octanol–water partition coefficient (Wildman–Crippen LogP) is 2.88. The summed E-state index contributed by atoms with van der Waals surface area (Å²) in [7, 11) is 3.18. The number of hydrogen-bond acceptors (Lipinski definition) is 6. The number of nitrogens with zero attached hydrogens (tertiary/aromatic N) is 4. The summed E-state index contributed by atoms with van der Waals surface area (Å²) in [5, 5.41) is 0.546. The molecule has 1 aromatic heterocycles. The Balaban J connectivity index is 1.36. The Morgan fingerprint density at radius 2 is 1.65 bits per heavy atom. The van der Waals surface area contributed by atoms with Gasteiger partial charge in [-0.25, -0.2) is 4.79 Å². The number of anilines is 1. The number of rotatable bonds is 7. The van der Waals surface area contributed by atoms with E-state index in [4.69, 9.17) is 11.6 Å². The van der Waals surface area contributed by atoms with E-state index < -0.39 is 0 Å². The van der Waals surface area contributed by atoms with Crippen LogP contribution in [0.3, 0.4) is 0 Å². The molecular weight excluding hydrogens is 472 g/mol. The topological polar surface area (TPSA) is 67.5 Å². The molecule has 9 heteroatoms. The van der Waals surface area contributed by atoms with Gasteiger partial charge in [-0.1, -0.05) is 41.9 Å². The SMILES string of the molecule is Cn1c(N2CCN(CCSc3ccc(Cl)cc3C(=O)c3ccccc3)CC2)cc(=O)n(C)c1=O. The third-order valence-corrected chi connectivity index (χ3v) is 7.37. The first-order valence-electron chi connectivity index (χ1n) is 11.1. The van der Waals surface area contributed by atoms with Crippen LogP contribution in [0.5, 0.6) is 0 Å². The molecule has 1 fully saturated rings. The number of halogens is 1. The lowest BCUT2D eigenvalue weighted by molar-refractivity contribution is 0.103. The fourth-order valence-corrected chi connectivity index (χ4v) is 5.27. The number of thioether (sulfide) groups is 1. The second-order valence-corrected chi connectivity index (χ2v) is 9.83. The summed E-state index contributed by atoms with van der Waals surface area (Å²) in [6.45, 7) is 4.02. The minimum atomic E-state index is -0.315. The van der Waals surface area contributed by atoms with Crippen LogP contribution < -0.4 is 16.1 Å². The van der Waals surface area contributed by atoms with Gasteiger partial charge in [0.25, 0.3) is 5.56 Å². The minimum absolute atomic E-state index is 0.0289. The second kappa shape index (κ2) is 10.6. The highest BCUT2D eigenvalue weighted by atomic mass is 35.5. The number of benzene rings is 2. The number of aromatic nitrogens is 2. The molecule has 0 atom stereocenters. The third kappa shape index (κ3) is 5.29. The smallest absolute Gasteiger partial charge is 0.332 e. The maximum absolute atomic E-state index is 13.0. The van der Waals surface area contributed by atoms with E-state index in [1.807, 2.05) is 42.5 Å². The summed E-state index contributed by atoms with van der Waals surface area (Å²) in [5.41, 5.74) is 0.666. The van der Waals surface area contributed by atoms with Crippen molar-refractivity contribution in [2.45, 2.75) is 4.90 Å². The van der Waals surface area contributed by atoms with Gasteiger partial charge >= 0.3 is 5.69 Å². The zero-order valence-electron chi connectivity index (χ0n) is 19.2. The Bertz CT molecular complexity index is 1300. The van der Waals surface area contributed by atoms with Crippen LogP contribution in [-0.4, -0.2) is 58.3 Å². The van der Waals surface area contributed by atoms with E-state index in [1.165, 1.54) is 17.7 Å². The van der Waals surface area contributed by atoms with Crippen molar-refractivity contribution in [1.82, 2.24) is 14.0 Å². The summed E-state index contributed by atoms with van der Waals surface area (Å²) in [5.74, 6) is 1.47. The summed E-state index contributed by atoms with van der Waals surface area (Å²) in [6, 6.07) is 16.2. The van der Waals surface area contributed by atoms with E-state index in [2.05, 4.69) is 9.80 Å². The van der Waals surface area contributed by atoms with Gasteiger partial charge < -0.3 is 4.90 Å². The summed E-state index contributed by atoms with van der Waals surface area (Å²) >= 11 is 7.84. The molecule has 0 spiro atoms. The van der Waals surface area contributed by atoms with E-state index in [1.54, 1.807) is 24.9 Å². The molecule has 4 rings (SSSR count). The van der Waals surface area contributed by atoms with Gasteiger partial charge in [0.1, 0.15) is 5.82 Å². The zero-order valence-corrected chi connectivity index (χ0v) is 20.8. The number of hydrogen-bond donors (Lipinski definition) is 0. The van der Waals surface area contributed by atoms with Gasteiger partial charge in [0.2, 0.25) is 0 Å². The number of carbonyl (C=O) groups excluding carboxylic acids is 1. The van der Waals surface area contributed by atoms with Crippen LogP contribution in [0.4, 0.5) is 5.82 Å². The predicted molar refractivity (Wildman–Crippen MR) is 138 cm³/mol. The van der Waals surface area contributed by atoms with E-state index in [9.17, 15) is 14.4 Å². The molecule has 3 aromatic rings. The molecule has 0 radical (unpaired) electrons. The van der Waals surface area contributed by atoms with Crippen LogP contribution in [0.1, 0.15) is 15.9 Å². The van der Waals surface area contributed by atoms with Gasteiger partial charge in [0.15, 0.2) is 5.78 Å². The fraction of sp³-hybridized carbons (Fsp3) is 0.320. The fourth-order valence-electron chi connectivity index (χ4n) is 4.06. The summed E-state index contributed by atoms with van der Waals surface area (Å²) in [6.07, 6.45) is 0. The van der Waals surface area contributed by atoms with Crippen molar-refractivity contribution in [2.75, 3.05) is 43.4 Å². The van der Waals surface area contributed by atoms with Crippen LogP contribution in [0, 0.1) is 0 Å². The number of piperazine rings is 1. The van der Waals surface area contributed by atoms with Gasteiger partial charge in [-0.05, 0) is 18.2 Å². The van der Waals surface area contributed by atoms with Crippen LogP contribution in [-0.2, 0) is 14.1 Å². The minimum Gasteiger partial charge on any atom is -0.355 e. The van der Waals surface area contributed by atoms with Gasteiger partial charge in [0, 0.05) is 79.7 Å². The molecule has 0 unspecified atom stereocenters. The van der Waals surface area contributed by atoms with Crippen molar-refractivity contribution in [1.29, 1.82) is 0 Å². The Labute approximate surface area is 207 Å². The highest BCUT2D eigenvalue weighted by molar-refractivity contribution is 7.99.